The van der Waals surface area contributed by atoms with Crippen LogP contribution in [0.3, 0.4) is 0 Å². The van der Waals surface area contributed by atoms with Gasteiger partial charge in [0.1, 0.15) is 6.54 Å². The van der Waals surface area contributed by atoms with E-state index in [-0.39, 0.29) is 48.2 Å². The van der Waals surface area contributed by atoms with E-state index in [0.29, 0.717) is 24.3 Å². The van der Waals surface area contributed by atoms with E-state index in [2.05, 4.69) is 10.6 Å². The minimum Gasteiger partial charge on any atom is -0.372 e. The first-order chi connectivity index (χ1) is 12.9. The number of fused-ring (bicyclic) bond motifs is 5. The number of piperidine rings is 2. The fourth-order valence-electron chi connectivity index (χ4n) is 7.19. The van der Waals surface area contributed by atoms with Crippen molar-refractivity contribution in [1.82, 2.24) is 15.5 Å². The molecule has 2 aliphatic carbocycles. The normalized spacial score (nSPS) is 52.0. The Kier molecular flexibility index (Phi) is 3.23. The lowest BCUT2D eigenvalue weighted by atomic mass is 9.62. The van der Waals surface area contributed by atoms with Gasteiger partial charge in [0.15, 0.2) is 0 Å². The molecule has 3 amide bonds. The lowest BCUT2D eigenvalue weighted by Gasteiger charge is -2.57. The molecule has 0 aromatic heterocycles. The molecule has 27 heavy (non-hydrogen) atoms. The van der Waals surface area contributed by atoms with Crippen LogP contribution in [0.1, 0.15) is 38.5 Å². The predicted octanol–water partition coefficient (Wildman–Crippen LogP) is -0.920. The van der Waals surface area contributed by atoms with E-state index in [9.17, 15) is 14.4 Å². The van der Waals surface area contributed by atoms with Crippen molar-refractivity contribution in [3.05, 3.63) is 0 Å². The molecular weight excluding hydrogens is 348 g/mol. The first-order valence-electron chi connectivity index (χ1n) is 10.3. The van der Waals surface area contributed by atoms with Crippen molar-refractivity contribution in [3.63, 3.8) is 0 Å². The van der Waals surface area contributed by atoms with Gasteiger partial charge in [0.05, 0.1) is 29.7 Å². The number of nitrogens with two attached hydrogens (primary N) is 1. The minimum atomic E-state index is -0.503. The van der Waals surface area contributed by atoms with Gasteiger partial charge in [-0.2, -0.15) is 0 Å². The molecule has 5 aliphatic heterocycles. The number of carbonyl (C=O) groups excluding carboxylic acids is 3. The van der Waals surface area contributed by atoms with E-state index in [0.717, 1.165) is 17.7 Å². The van der Waals surface area contributed by atoms with Crippen molar-refractivity contribution in [3.8, 4) is 0 Å². The summed E-state index contributed by atoms with van der Waals surface area (Å²) in [5.74, 6) is -0.409. The Hall–Kier alpha value is -1.51. The van der Waals surface area contributed by atoms with Gasteiger partial charge in [-0.05, 0) is 50.4 Å². The summed E-state index contributed by atoms with van der Waals surface area (Å²) in [6, 6.07) is 0.290. The molecule has 7 fully saturated rings. The summed E-state index contributed by atoms with van der Waals surface area (Å²) in [4.78, 5) is 39.5. The highest BCUT2D eigenvalue weighted by Gasteiger charge is 2.65. The molecule has 8 nitrogen and oxygen atoms in total. The molecule has 6 bridgehead atoms. The minimum absolute atomic E-state index is 0.192. The Morgan fingerprint density at radius 3 is 2.56 bits per heavy atom. The van der Waals surface area contributed by atoms with Gasteiger partial charge in [0, 0.05) is 12.1 Å². The highest BCUT2D eigenvalue weighted by molar-refractivity contribution is 6.08. The molecule has 7 unspecified atom stereocenters. The first-order valence-corrected chi connectivity index (χ1v) is 10.3. The van der Waals surface area contributed by atoms with Gasteiger partial charge in [-0.3, -0.25) is 24.6 Å². The number of rotatable bonds is 3. The van der Waals surface area contributed by atoms with Crippen LogP contribution in [-0.4, -0.2) is 59.1 Å². The topological polar surface area (TPSA) is 114 Å². The Morgan fingerprint density at radius 2 is 1.85 bits per heavy atom. The number of hydrogen-bond donors (Lipinski definition) is 3. The standard InChI is InChI=1S/C19H26N4O4/c20-11-4-12-14-15(16(11)27-12)18(26)23(17(14)25)7-13(24)22-19-5-8-1-9(6-19)3-10(2-8)21-19/h8-12,14-16,21H,1-7,20H2,(H,22,24). The zero-order valence-electron chi connectivity index (χ0n) is 15.2. The van der Waals surface area contributed by atoms with Crippen LogP contribution in [0.2, 0.25) is 0 Å². The number of likely N-dealkylation sites (tertiary alicyclic amines) is 1. The summed E-state index contributed by atoms with van der Waals surface area (Å²) in [7, 11) is 0. The van der Waals surface area contributed by atoms with E-state index in [1.807, 2.05) is 0 Å². The number of nitrogens with zero attached hydrogens (tertiary/aromatic N) is 1. The second-order valence-electron chi connectivity index (χ2n) is 9.67. The molecule has 2 saturated carbocycles. The monoisotopic (exact) mass is 374 g/mol. The molecule has 146 valence electrons. The number of carbonyl (C=O) groups is 3. The van der Waals surface area contributed by atoms with E-state index >= 15 is 0 Å². The van der Waals surface area contributed by atoms with Gasteiger partial charge in [0.25, 0.3) is 0 Å². The molecule has 5 heterocycles. The molecule has 0 aromatic rings. The molecule has 7 rings (SSSR count). The number of nitrogens with one attached hydrogen (secondary N) is 2. The van der Waals surface area contributed by atoms with Gasteiger partial charge in [0.2, 0.25) is 17.7 Å². The molecule has 0 spiro atoms. The van der Waals surface area contributed by atoms with Crippen molar-refractivity contribution in [1.29, 1.82) is 0 Å². The summed E-state index contributed by atoms with van der Waals surface area (Å²) in [5.41, 5.74) is 5.68. The van der Waals surface area contributed by atoms with Crippen LogP contribution in [0.15, 0.2) is 0 Å². The van der Waals surface area contributed by atoms with Gasteiger partial charge >= 0.3 is 0 Å². The van der Waals surface area contributed by atoms with Gasteiger partial charge in [-0.1, -0.05) is 0 Å². The van der Waals surface area contributed by atoms with Crippen LogP contribution in [-0.2, 0) is 19.1 Å². The summed E-state index contributed by atoms with van der Waals surface area (Å²) in [6.45, 7) is -0.192. The molecule has 0 radical (unpaired) electrons. The fraction of sp³-hybridized carbons (Fsp3) is 0.842. The Morgan fingerprint density at radius 1 is 1.15 bits per heavy atom. The third kappa shape index (κ3) is 2.23. The smallest absolute Gasteiger partial charge is 0.241 e. The van der Waals surface area contributed by atoms with E-state index in [1.165, 1.54) is 19.3 Å². The summed E-state index contributed by atoms with van der Waals surface area (Å²) in [5, 5.41) is 6.77. The third-order valence-electron chi connectivity index (χ3n) is 7.84. The van der Waals surface area contributed by atoms with Crippen LogP contribution in [0.4, 0.5) is 0 Å². The number of ether oxygens (including phenoxy) is 1. The quantitative estimate of drug-likeness (QED) is 0.551. The summed E-state index contributed by atoms with van der Waals surface area (Å²) < 4.78 is 5.73. The van der Waals surface area contributed by atoms with Crippen molar-refractivity contribution >= 4 is 17.7 Å². The average molecular weight is 374 g/mol. The van der Waals surface area contributed by atoms with Crippen LogP contribution < -0.4 is 16.4 Å². The maximum Gasteiger partial charge on any atom is 0.241 e. The Bertz CT molecular complexity index is 704. The van der Waals surface area contributed by atoms with Crippen LogP contribution >= 0.6 is 0 Å². The van der Waals surface area contributed by atoms with E-state index in [4.69, 9.17) is 10.5 Å². The van der Waals surface area contributed by atoms with Crippen LogP contribution in [0.5, 0.6) is 0 Å². The average Bonchev–Trinajstić information content (AvgIpc) is 3.20. The third-order valence-corrected chi connectivity index (χ3v) is 7.84. The largest absolute Gasteiger partial charge is 0.372 e. The lowest BCUT2D eigenvalue weighted by Crippen LogP contribution is -2.71. The fourth-order valence-corrected chi connectivity index (χ4v) is 7.19. The predicted molar refractivity (Wildman–Crippen MR) is 92.8 cm³/mol. The van der Waals surface area contributed by atoms with Crippen LogP contribution in [0, 0.1) is 23.7 Å². The second kappa shape index (κ2) is 5.30. The summed E-state index contributed by atoms with van der Waals surface area (Å²) >= 11 is 0. The lowest BCUT2D eigenvalue weighted by molar-refractivity contribution is -0.147. The molecular formula is C19H26N4O4. The van der Waals surface area contributed by atoms with Gasteiger partial charge in [-0.25, -0.2) is 0 Å². The Labute approximate surface area is 157 Å². The number of hydrogen-bond acceptors (Lipinski definition) is 6. The highest BCUT2D eigenvalue weighted by atomic mass is 16.5. The van der Waals surface area contributed by atoms with E-state index in [1.54, 1.807) is 0 Å². The second-order valence-corrected chi connectivity index (χ2v) is 9.67. The molecule has 4 N–H and O–H groups in total. The zero-order valence-corrected chi connectivity index (χ0v) is 15.2. The molecule has 0 aromatic carbocycles. The molecule has 5 saturated heterocycles. The van der Waals surface area contributed by atoms with Crippen molar-refractivity contribution in [2.24, 2.45) is 29.4 Å². The molecule has 7 atom stereocenters. The molecule has 7 aliphatic rings. The van der Waals surface area contributed by atoms with Crippen LogP contribution in [0.25, 0.3) is 0 Å². The maximum atomic E-state index is 12.8. The molecule has 8 heteroatoms. The van der Waals surface area contributed by atoms with Gasteiger partial charge < -0.3 is 15.8 Å². The van der Waals surface area contributed by atoms with Gasteiger partial charge in [-0.15, -0.1) is 0 Å². The van der Waals surface area contributed by atoms with Crippen molar-refractivity contribution in [2.45, 2.75) is 68.5 Å². The summed E-state index contributed by atoms with van der Waals surface area (Å²) in [6.07, 6.45) is 5.52. The Balaban J connectivity index is 1.16. The van der Waals surface area contributed by atoms with Crippen molar-refractivity contribution < 1.29 is 19.1 Å². The zero-order chi connectivity index (χ0) is 18.5. The maximum absolute atomic E-state index is 12.8. The van der Waals surface area contributed by atoms with E-state index < -0.39 is 11.8 Å². The van der Waals surface area contributed by atoms with Crippen molar-refractivity contribution in [2.75, 3.05) is 6.54 Å². The number of amides is 3. The highest BCUT2D eigenvalue weighted by Crippen LogP contribution is 2.49. The first kappa shape index (κ1) is 16.4. The number of imide groups is 1. The SMILES string of the molecule is NC1CC2OC1C1C(=O)N(CC(=O)NC34CC5CC(CC(C5)N3)C4)C(=O)C21.